The van der Waals surface area contributed by atoms with E-state index in [0.717, 1.165) is 18.7 Å². The minimum absolute atomic E-state index is 0.194. The van der Waals surface area contributed by atoms with Crippen LogP contribution in [0.1, 0.15) is 12.0 Å². The first-order valence-corrected chi connectivity index (χ1v) is 7.69. The highest BCUT2D eigenvalue weighted by atomic mass is 19.1. The highest BCUT2D eigenvalue weighted by Crippen LogP contribution is 2.21. The molecule has 1 aromatic rings. The summed E-state index contributed by atoms with van der Waals surface area (Å²) < 4.78 is 24.4. The van der Waals surface area contributed by atoms with Crippen LogP contribution in [0.25, 0.3) is 0 Å². The van der Waals surface area contributed by atoms with E-state index in [-0.39, 0.29) is 5.82 Å². The molecular weight excluding hydrogens is 287 g/mol. The Hall–Kier alpha value is -1.21. The first kappa shape index (κ1) is 17.1. The molecule has 0 spiro atoms. The Bertz CT molecular complexity index is 453. The molecule has 1 fully saturated rings. The second-order valence-electron chi connectivity index (χ2n) is 5.46. The molecule has 1 atom stereocenters. The van der Waals surface area contributed by atoms with E-state index in [1.54, 1.807) is 13.2 Å². The molecule has 2 rings (SSSR count). The highest BCUT2D eigenvalue weighted by molar-refractivity contribution is 5.49. The predicted octanol–water partition coefficient (Wildman–Crippen LogP) is 1.15. The lowest BCUT2D eigenvalue weighted by Gasteiger charge is -2.29. The van der Waals surface area contributed by atoms with Crippen LogP contribution in [0.5, 0.6) is 0 Å². The molecule has 1 aliphatic rings. The molecule has 0 saturated carbocycles. The van der Waals surface area contributed by atoms with Crippen LogP contribution in [0.15, 0.2) is 18.2 Å². The van der Waals surface area contributed by atoms with E-state index >= 15 is 0 Å². The lowest BCUT2D eigenvalue weighted by atomic mass is 10.1. The molecule has 1 aliphatic heterocycles. The zero-order chi connectivity index (χ0) is 15.8. The van der Waals surface area contributed by atoms with Crippen molar-refractivity contribution in [3.8, 4) is 0 Å². The lowest BCUT2D eigenvalue weighted by molar-refractivity contribution is 0.0594. The molecule has 2 N–H and O–H groups in total. The number of hydrogen-bond donors (Lipinski definition) is 2. The summed E-state index contributed by atoms with van der Waals surface area (Å²) in [5, 5.41) is 12.7. The topological polar surface area (TPSA) is 54.0 Å². The SMILES string of the molecule is COCC(O)CCNCc1ccc(N2CCOCC2)c(F)c1. The summed E-state index contributed by atoms with van der Waals surface area (Å²) in [7, 11) is 1.56. The standard InChI is InChI=1S/C16H25FN2O3/c1-21-12-14(20)4-5-18-11-13-2-3-16(15(17)10-13)19-6-8-22-9-7-19/h2-3,10,14,18,20H,4-9,11-12H2,1H3. The number of benzene rings is 1. The average molecular weight is 312 g/mol. The molecule has 0 bridgehead atoms. The smallest absolute Gasteiger partial charge is 0.146 e. The Balaban J connectivity index is 1.79. The van der Waals surface area contributed by atoms with Crippen LogP contribution in [0.3, 0.4) is 0 Å². The summed E-state index contributed by atoms with van der Waals surface area (Å²) in [6.07, 6.45) is 0.153. The van der Waals surface area contributed by atoms with Crippen LogP contribution < -0.4 is 10.2 Å². The fraction of sp³-hybridized carbons (Fsp3) is 0.625. The molecule has 22 heavy (non-hydrogen) atoms. The van der Waals surface area contributed by atoms with Crippen LogP contribution >= 0.6 is 0 Å². The summed E-state index contributed by atoms with van der Waals surface area (Å²) in [4.78, 5) is 2.01. The second kappa shape index (κ2) is 9.05. The maximum absolute atomic E-state index is 14.2. The summed E-state index contributed by atoms with van der Waals surface area (Å²) in [6.45, 7) is 4.33. The van der Waals surface area contributed by atoms with Gasteiger partial charge in [0.05, 0.1) is 31.6 Å². The van der Waals surface area contributed by atoms with Crippen LogP contribution in [-0.4, -0.2) is 57.8 Å². The maximum Gasteiger partial charge on any atom is 0.146 e. The van der Waals surface area contributed by atoms with Crippen LogP contribution in [0.2, 0.25) is 0 Å². The number of ether oxygens (including phenoxy) is 2. The van der Waals surface area contributed by atoms with E-state index in [4.69, 9.17) is 9.47 Å². The molecule has 0 aromatic heterocycles. The van der Waals surface area contributed by atoms with E-state index in [2.05, 4.69) is 5.32 Å². The Morgan fingerprint density at radius 2 is 2.18 bits per heavy atom. The van der Waals surface area contributed by atoms with Gasteiger partial charge in [-0.1, -0.05) is 6.07 Å². The van der Waals surface area contributed by atoms with Crippen molar-refractivity contribution in [2.45, 2.75) is 19.1 Å². The number of hydrogen-bond acceptors (Lipinski definition) is 5. The molecule has 0 aliphatic carbocycles. The number of rotatable bonds is 8. The molecule has 1 heterocycles. The Morgan fingerprint density at radius 1 is 1.41 bits per heavy atom. The Kier molecular flexibility index (Phi) is 7.05. The van der Waals surface area contributed by atoms with Crippen LogP contribution in [0, 0.1) is 5.82 Å². The van der Waals surface area contributed by atoms with Gasteiger partial charge in [0.15, 0.2) is 0 Å². The van der Waals surface area contributed by atoms with Gasteiger partial charge in [-0.3, -0.25) is 0 Å². The van der Waals surface area contributed by atoms with Gasteiger partial charge in [-0.05, 0) is 30.7 Å². The second-order valence-corrected chi connectivity index (χ2v) is 5.46. The summed E-state index contributed by atoms with van der Waals surface area (Å²) in [5.41, 5.74) is 1.54. The molecule has 5 nitrogen and oxygen atoms in total. The summed E-state index contributed by atoms with van der Waals surface area (Å²) >= 11 is 0. The van der Waals surface area contributed by atoms with Gasteiger partial charge in [-0.15, -0.1) is 0 Å². The average Bonchev–Trinajstić information content (AvgIpc) is 2.53. The van der Waals surface area contributed by atoms with Crippen molar-refractivity contribution in [1.82, 2.24) is 5.32 Å². The normalized spacial score (nSPS) is 16.8. The van der Waals surface area contributed by atoms with E-state index in [1.165, 1.54) is 0 Å². The van der Waals surface area contributed by atoms with Gasteiger partial charge in [-0.2, -0.15) is 0 Å². The minimum atomic E-state index is -0.460. The third-order valence-electron chi connectivity index (χ3n) is 3.71. The molecule has 0 amide bonds. The molecule has 124 valence electrons. The van der Waals surface area contributed by atoms with Crippen LogP contribution in [0.4, 0.5) is 10.1 Å². The van der Waals surface area contributed by atoms with Crippen LogP contribution in [-0.2, 0) is 16.0 Å². The van der Waals surface area contributed by atoms with Gasteiger partial charge in [0, 0.05) is 26.7 Å². The van der Waals surface area contributed by atoms with Gasteiger partial charge in [0.2, 0.25) is 0 Å². The number of morpholine rings is 1. The first-order valence-electron chi connectivity index (χ1n) is 7.69. The third kappa shape index (κ3) is 5.21. The lowest BCUT2D eigenvalue weighted by Crippen LogP contribution is -2.36. The van der Waals surface area contributed by atoms with Crippen molar-refractivity contribution in [3.05, 3.63) is 29.6 Å². The van der Waals surface area contributed by atoms with E-state index in [1.807, 2.05) is 17.0 Å². The Morgan fingerprint density at radius 3 is 2.86 bits per heavy atom. The summed E-state index contributed by atoms with van der Waals surface area (Å²) in [6, 6.07) is 5.34. The molecule has 0 radical (unpaired) electrons. The van der Waals surface area contributed by atoms with Crippen molar-refractivity contribution in [2.24, 2.45) is 0 Å². The number of aliphatic hydroxyl groups is 1. The number of aliphatic hydroxyl groups excluding tert-OH is 1. The highest BCUT2D eigenvalue weighted by Gasteiger charge is 2.15. The molecule has 6 heteroatoms. The summed E-state index contributed by atoms with van der Waals surface area (Å²) in [5.74, 6) is -0.194. The number of nitrogens with zero attached hydrogens (tertiary/aromatic N) is 1. The van der Waals surface area contributed by atoms with Crippen molar-refractivity contribution in [1.29, 1.82) is 0 Å². The van der Waals surface area contributed by atoms with Gasteiger partial charge in [-0.25, -0.2) is 4.39 Å². The van der Waals surface area contributed by atoms with Crippen molar-refractivity contribution in [2.75, 3.05) is 51.5 Å². The van der Waals surface area contributed by atoms with Gasteiger partial charge in [0.25, 0.3) is 0 Å². The fourth-order valence-corrected chi connectivity index (χ4v) is 2.50. The van der Waals surface area contributed by atoms with E-state index in [0.29, 0.717) is 45.0 Å². The number of halogens is 1. The zero-order valence-electron chi connectivity index (χ0n) is 13.1. The fourth-order valence-electron chi connectivity index (χ4n) is 2.50. The molecule has 1 unspecified atom stereocenters. The van der Waals surface area contributed by atoms with Crippen molar-refractivity contribution >= 4 is 5.69 Å². The van der Waals surface area contributed by atoms with E-state index < -0.39 is 6.10 Å². The minimum Gasteiger partial charge on any atom is -0.391 e. The quantitative estimate of drug-likeness (QED) is 0.705. The molecule has 1 saturated heterocycles. The predicted molar refractivity (Wildman–Crippen MR) is 83.6 cm³/mol. The maximum atomic E-state index is 14.2. The molecule has 1 aromatic carbocycles. The number of anilines is 1. The van der Waals surface area contributed by atoms with Gasteiger partial charge >= 0.3 is 0 Å². The zero-order valence-corrected chi connectivity index (χ0v) is 13.1. The van der Waals surface area contributed by atoms with Gasteiger partial charge < -0.3 is 24.8 Å². The van der Waals surface area contributed by atoms with Crippen molar-refractivity contribution < 1.29 is 19.0 Å². The largest absolute Gasteiger partial charge is 0.391 e. The molecular formula is C16H25FN2O3. The Labute approximate surface area is 131 Å². The van der Waals surface area contributed by atoms with Gasteiger partial charge in [0.1, 0.15) is 5.82 Å². The monoisotopic (exact) mass is 312 g/mol. The number of nitrogens with one attached hydrogen (secondary N) is 1. The third-order valence-corrected chi connectivity index (χ3v) is 3.71. The van der Waals surface area contributed by atoms with Crippen molar-refractivity contribution in [3.63, 3.8) is 0 Å². The van der Waals surface area contributed by atoms with E-state index in [9.17, 15) is 9.50 Å². The number of methoxy groups -OCH3 is 1. The first-order chi connectivity index (χ1) is 10.7.